The van der Waals surface area contributed by atoms with Gasteiger partial charge in [0, 0.05) is 0 Å². The van der Waals surface area contributed by atoms with Crippen molar-refractivity contribution >= 4 is 6.08 Å². The monoisotopic (exact) mass is 176 g/mol. The van der Waals surface area contributed by atoms with Crippen LogP contribution in [0.2, 0.25) is 0 Å². The maximum absolute atomic E-state index is 5.41. The Morgan fingerprint density at radius 1 is 1.46 bits per heavy atom. The first-order valence-corrected chi connectivity index (χ1v) is 4.96. The van der Waals surface area contributed by atoms with Gasteiger partial charge in [0.1, 0.15) is 5.76 Å². The Morgan fingerprint density at radius 3 is 2.92 bits per heavy atom. The van der Waals surface area contributed by atoms with Gasteiger partial charge in [0.2, 0.25) is 0 Å². The Hall–Kier alpha value is -0.980. The van der Waals surface area contributed by atoms with Crippen molar-refractivity contribution in [1.82, 2.24) is 0 Å². The fraction of sp³-hybridized carbons (Fsp3) is 0.500. The molecule has 1 aliphatic carbocycles. The van der Waals surface area contributed by atoms with Gasteiger partial charge < -0.3 is 4.42 Å². The maximum Gasteiger partial charge on any atom is 0.129 e. The van der Waals surface area contributed by atoms with Crippen molar-refractivity contribution < 1.29 is 4.42 Å². The van der Waals surface area contributed by atoms with Crippen molar-refractivity contribution in [2.45, 2.75) is 27.2 Å². The Kier molecular flexibility index (Phi) is 2.03. The van der Waals surface area contributed by atoms with E-state index in [1.165, 1.54) is 11.1 Å². The number of furan rings is 1. The molecule has 1 atom stereocenters. The fourth-order valence-electron chi connectivity index (χ4n) is 2.12. The van der Waals surface area contributed by atoms with Gasteiger partial charge in [-0.3, -0.25) is 0 Å². The quantitative estimate of drug-likeness (QED) is 0.638. The molecule has 70 valence electrons. The van der Waals surface area contributed by atoms with Crippen LogP contribution in [0.5, 0.6) is 0 Å². The smallest absolute Gasteiger partial charge is 0.129 e. The zero-order chi connectivity index (χ0) is 9.42. The van der Waals surface area contributed by atoms with E-state index in [1.54, 1.807) is 6.26 Å². The highest BCUT2D eigenvalue weighted by atomic mass is 16.3. The lowest BCUT2D eigenvalue weighted by atomic mass is 9.82. The third-order valence-corrected chi connectivity index (χ3v) is 2.84. The first kappa shape index (κ1) is 8.61. The molecule has 0 spiro atoms. The highest BCUT2D eigenvalue weighted by Gasteiger charge is 2.21. The van der Waals surface area contributed by atoms with E-state index in [4.69, 9.17) is 4.42 Å². The summed E-state index contributed by atoms with van der Waals surface area (Å²) in [5.74, 6) is 2.38. The van der Waals surface area contributed by atoms with E-state index < -0.39 is 0 Å². The molecule has 1 aromatic heterocycles. The van der Waals surface area contributed by atoms with Crippen molar-refractivity contribution in [1.29, 1.82) is 0 Å². The van der Waals surface area contributed by atoms with Gasteiger partial charge >= 0.3 is 0 Å². The van der Waals surface area contributed by atoms with Gasteiger partial charge in [0.05, 0.1) is 6.26 Å². The van der Waals surface area contributed by atoms with Crippen LogP contribution < -0.4 is 0 Å². The SMILES string of the molecule is CC(C)C1=Cc2occc2CC1C. The molecule has 0 bridgehead atoms. The second-order valence-corrected chi connectivity index (χ2v) is 4.21. The normalized spacial score (nSPS) is 21.5. The van der Waals surface area contributed by atoms with Crippen molar-refractivity contribution in [2.75, 3.05) is 0 Å². The Balaban J connectivity index is 2.40. The molecule has 0 radical (unpaired) electrons. The first-order chi connectivity index (χ1) is 6.18. The molecule has 1 heterocycles. The lowest BCUT2D eigenvalue weighted by Gasteiger charge is -2.22. The summed E-state index contributed by atoms with van der Waals surface area (Å²) >= 11 is 0. The third-order valence-electron chi connectivity index (χ3n) is 2.84. The summed E-state index contributed by atoms with van der Waals surface area (Å²) in [4.78, 5) is 0. The van der Waals surface area contributed by atoms with Crippen LogP contribution in [0, 0.1) is 11.8 Å². The van der Waals surface area contributed by atoms with Crippen LogP contribution in [0.15, 0.2) is 22.3 Å². The molecule has 0 fully saturated rings. The van der Waals surface area contributed by atoms with E-state index in [-0.39, 0.29) is 0 Å². The van der Waals surface area contributed by atoms with Crippen molar-refractivity contribution in [2.24, 2.45) is 11.8 Å². The van der Waals surface area contributed by atoms with E-state index >= 15 is 0 Å². The molecule has 1 heteroatoms. The molecular formula is C12H16O. The van der Waals surface area contributed by atoms with Crippen molar-refractivity contribution in [3.8, 4) is 0 Å². The molecule has 1 aliphatic rings. The predicted molar refractivity (Wildman–Crippen MR) is 54.4 cm³/mol. The van der Waals surface area contributed by atoms with Gasteiger partial charge in [-0.25, -0.2) is 0 Å². The molecular weight excluding hydrogens is 160 g/mol. The molecule has 1 nitrogen and oxygen atoms in total. The van der Waals surface area contributed by atoms with E-state index in [0.29, 0.717) is 11.8 Å². The molecule has 1 unspecified atom stereocenters. The summed E-state index contributed by atoms with van der Waals surface area (Å²) in [5.41, 5.74) is 2.87. The highest BCUT2D eigenvalue weighted by Crippen LogP contribution is 2.32. The second-order valence-electron chi connectivity index (χ2n) is 4.21. The maximum atomic E-state index is 5.41. The van der Waals surface area contributed by atoms with Crippen LogP contribution in [0.25, 0.3) is 6.08 Å². The van der Waals surface area contributed by atoms with Gasteiger partial charge in [0.15, 0.2) is 0 Å². The molecule has 0 saturated carbocycles. The number of hydrogen-bond acceptors (Lipinski definition) is 1. The number of fused-ring (bicyclic) bond motifs is 1. The Labute approximate surface area is 79.4 Å². The van der Waals surface area contributed by atoms with Crippen LogP contribution >= 0.6 is 0 Å². The molecule has 2 rings (SSSR count). The zero-order valence-corrected chi connectivity index (χ0v) is 8.50. The molecule has 13 heavy (non-hydrogen) atoms. The zero-order valence-electron chi connectivity index (χ0n) is 8.50. The minimum absolute atomic E-state index is 0.633. The Morgan fingerprint density at radius 2 is 2.23 bits per heavy atom. The van der Waals surface area contributed by atoms with Gasteiger partial charge in [-0.1, -0.05) is 26.3 Å². The summed E-state index contributed by atoms with van der Waals surface area (Å²) in [6.45, 7) is 6.79. The van der Waals surface area contributed by atoms with Gasteiger partial charge in [-0.2, -0.15) is 0 Å². The summed E-state index contributed by atoms with van der Waals surface area (Å²) in [5, 5.41) is 0. The largest absolute Gasteiger partial charge is 0.465 e. The number of rotatable bonds is 1. The van der Waals surface area contributed by atoms with Gasteiger partial charge in [0.25, 0.3) is 0 Å². The Bertz CT molecular complexity index is 331. The molecule has 0 aromatic carbocycles. The average molecular weight is 176 g/mol. The average Bonchev–Trinajstić information content (AvgIpc) is 2.48. The summed E-state index contributed by atoms with van der Waals surface area (Å²) in [6, 6.07) is 2.08. The predicted octanol–water partition coefficient (Wildman–Crippen LogP) is 3.51. The highest BCUT2D eigenvalue weighted by molar-refractivity contribution is 5.55. The molecule has 0 N–H and O–H groups in total. The fourth-order valence-corrected chi connectivity index (χ4v) is 2.12. The summed E-state index contributed by atoms with van der Waals surface area (Å²) in [7, 11) is 0. The third kappa shape index (κ3) is 1.43. The molecule has 0 saturated heterocycles. The van der Waals surface area contributed by atoms with Crippen LogP contribution in [0.1, 0.15) is 32.1 Å². The molecule has 0 aliphatic heterocycles. The minimum atomic E-state index is 0.633. The lowest BCUT2D eigenvalue weighted by molar-refractivity contribution is 0.524. The minimum Gasteiger partial charge on any atom is -0.465 e. The van der Waals surface area contributed by atoms with Gasteiger partial charge in [-0.15, -0.1) is 0 Å². The number of hydrogen-bond donors (Lipinski definition) is 0. The topological polar surface area (TPSA) is 13.1 Å². The first-order valence-electron chi connectivity index (χ1n) is 4.96. The van der Waals surface area contributed by atoms with Crippen molar-refractivity contribution in [3.63, 3.8) is 0 Å². The van der Waals surface area contributed by atoms with E-state index in [9.17, 15) is 0 Å². The van der Waals surface area contributed by atoms with Crippen LogP contribution in [-0.2, 0) is 6.42 Å². The van der Waals surface area contributed by atoms with E-state index in [0.717, 1.165) is 12.2 Å². The molecule has 0 amide bonds. The van der Waals surface area contributed by atoms with Crippen LogP contribution in [0.3, 0.4) is 0 Å². The van der Waals surface area contributed by atoms with Crippen molar-refractivity contribution in [3.05, 3.63) is 29.2 Å². The van der Waals surface area contributed by atoms with Crippen LogP contribution in [-0.4, -0.2) is 0 Å². The standard InChI is InChI=1S/C12H16O/c1-8(2)11-7-12-10(4-5-13-12)6-9(11)3/h4-5,7-9H,6H2,1-3H3. The van der Waals surface area contributed by atoms with E-state index in [2.05, 4.69) is 32.9 Å². The van der Waals surface area contributed by atoms with E-state index in [1.807, 2.05) is 0 Å². The second kappa shape index (κ2) is 3.06. The lowest BCUT2D eigenvalue weighted by Crippen LogP contribution is -2.12. The summed E-state index contributed by atoms with van der Waals surface area (Å²) < 4.78 is 5.41. The summed E-state index contributed by atoms with van der Waals surface area (Å²) in [6.07, 6.45) is 5.14. The number of allylic oxidation sites excluding steroid dienone is 1. The molecule has 1 aromatic rings. The van der Waals surface area contributed by atoms with Gasteiger partial charge in [-0.05, 0) is 36.0 Å². The van der Waals surface area contributed by atoms with Crippen LogP contribution in [0.4, 0.5) is 0 Å².